The van der Waals surface area contributed by atoms with Crippen LogP contribution in [0, 0.1) is 11.3 Å². The molecule has 0 unspecified atom stereocenters. The summed E-state index contributed by atoms with van der Waals surface area (Å²) in [5.74, 6) is 0.971. The molecular weight excluding hydrogens is 298 g/mol. The summed E-state index contributed by atoms with van der Waals surface area (Å²) >= 11 is 0. The third-order valence-corrected chi connectivity index (χ3v) is 4.97. The van der Waals surface area contributed by atoms with Crippen LogP contribution in [0.15, 0.2) is 28.8 Å². The van der Waals surface area contributed by atoms with Crippen molar-refractivity contribution in [2.75, 3.05) is 26.3 Å². The molecule has 4 heterocycles. The molecule has 7 nitrogen and oxygen atoms in total. The molecule has 0 aliphatic carbocycles. The van der Waals surface area contributed by atoms with E-state index in [1.54, 1.807) is 6.20 Å². The normalized spacial score (nSPS) is 27.9. The number of carbonyl (C=O) groups is 1. The molecule has 2 aliphatic rings. The number of aliphatic carboxylic acids is 1. The SMILES string of the molecule is O=C(O)[C@]12COCC[C@H]1CN(Cc1ccc(-c3ccn[nH]3)o1)C2. The van der Waals surface area contributed by atoms with Crippen molar-refractivity contribution in [2.45, 2.75) is 13.0 Å². The van der Waals surface area contributed by atoms with Crippen LogP contribution >= 0.6 is 0 Å². The molecule has 23 heavy (non-hydrogen) atoms. The molecule has 0 radical (unpaired) electrons. The predicted octanol–water partition coefficient (Wildman–Crippen LogP) is 1.59. The second-order valence-electron chi connectivity index (χ2n) is 6.41. The lowest BCUT2D eigenvalue weighted by Gasteiger charge is -2.34. The van der Waals surface area contributed by atoms with Gasteiger partial charge in [-0.05, 0) is 30.5 Å². The van der Waals surface area contributed by atoms with Crippen LogP contribution in [0.4, 0.5) is 0 Å². The Labute approximate surface area is 133 Å². The summed E-state index contributed by atoms with van der Waals surface area (Å²) in [5.41, 5.74) is 0.0681. The van der Waals surface area contributed by atoms with Gasteiger partial charge in [0.05, 0.1) is 13.2 Å². The third kappa shape index (κ3) is 2.46. The average molecular weight is 317 g/mol. The van der Waals surface area contributed by atoms with Gasteiger partial charge in [0, 0.05) is 25.9 Å². The summed E-state index contributed by atoms with van der Waals surface area (Å²) in [5, 5.41) is 16.5. The lowest BCUT2D eigenvalue weighted by molar-refractivity contribution is -0.159. The third-order valence-electron chi connectivity index (χ3n) is 4.97. The average Bonchev–Trinajstić information content (AvgIpc) is 3.26. The van der Waals surface area contributed by atoms with Gasteiger partial charge in [0.25, 0.3) is 0 Å². The number of ether oxygens (including phenoxy) is 1. The maximum Gasteiger partial charge on any atom is 0.313 e. The van der Waals surface area contributed by atoms with Gasteiger partial charge in [-0.3, -0.25) is 14.8 Å². The van der Waals surface area contributed by atoms with Gasteiger partial charge < -0.3 is 14.3 Å². The number of hydrogen-bond acceptors (Lipinski definition) is 5. The summed E-state index contributed by atoms with van der Waals surface area (Å²) in [4.78, 5) is 13.9. The number of furan rings is 1. The van der Waals surface area contributed by atoms with Crippen molar-refractivity contribution in [1.29, 1.82) is 0 Å². The Bertz CT molecular complexity index is 696. The summed E-state index contributed by atoms with van der Waals surface area (Å²) in [6.07, 6.45) is 2.49. The molecule has 2 saturated heterocycles. The van der Waals surface area contributed by atoms with Crippen LogP contribution in [0.3, 0.4) is 0 Å². The Balaban J connectivity index is 1.49. The molecule has 4 rings (SSSR count). The van der Waals surface area contributed by atoms with E-state index in [0.717, 1.165) is 30.2 Å². The van der Waals surface area contributed by atoms with E-state index in [0.29, 0.717) is 26.3 Å². The van der Waals surface area contributed by atoms with Crippen molar-refractivity contribution in [1.82, 2.24) is 15.1 Å². The van der Waals surface area contributed by atoms with Gasteiger partial charge >= 0.3 is 5.97 Å². The zero-order chi connectivity index (χ0) is 15.9. The van der Waals surface area contributed by atoms with Gasteiger partial charge in [-0.25, -0.2) is 0 Å². The van der Waals surface area contributed by atoms with E-state index in [1.165, 1.54) is 0 Å². The maximum atomic E-state index is 11.8. The Hall–Kier alpha value is -2.12. The Morgan fingerprint density at radius 3 is 3.13 bits per heavy atom. The maximum absolute atomic E-state index is 11.8. The highest BCUT2D eigenvalue weighted by Gasteiger charge is 2.54. The number of aromatic nitrogens is 2. The lowest BCUT2D eigenvalue weighted by atomic mass is 9.76. The molecule has 2 fully saturated rings. The van der Waals surface area contributed by atoms with Crippen LogP contribution in [-0.2, 0) is 16.1 Å². The first-order valence-corrected chi connectivity index (χ1v) is 7.79. The fraction of sp³-hybridized carbons (Fsp3) is 0.500. The van der Waals surface area contributed by atoms with Crippen molar-refractivity contribution in [3.8, 4) is 11.5 Å². The smallest absolute Gasteiger partial charge is 0.313 e. The standard InChI is InChI=1S/C16H19N3O4/c20-15(21)16-9-19(7-11(16)4-6-22-10-16)8-12-1-2-14(23-12)13-3-5-17-18-13/h1-3,5,11H,4,6-10H2,(H,17,18)(H,20,21)/t11-,16+/m0/s1. The van der Waals surface area contributed by atoms with Gasteiger partial charge in [0.1, 0.15) is 16.9 Å². The summed E-state index contributed by atoms with van der Waals surface area (Å²) in [7, 11) is 0. The molecule has 0 spiro atoms. The molecule has 2 aromatic rings. The molecule has 2 atom stereocenters. The van der Waals surface area contributed by atoms with Crippen molar-refractivity contribution < 1.29 is 19.1 Å². The minimum atomic E-state index is -0.767. The molecular formula is C16H19N3O4. The summed E-state index contributed by atoms with van der Waals surface area (Å²) < 4.78 is 11.3. The first kappa shape index (κ1) is 14.5. The molecule has 7 heteroatoms. The Morgan fingerprint density at radius 1 is 1.48 bits per heavy atom. The number of hydrogen-bond donors (Lipinski definition) is 2. The molecule has 2 aromatic heterocycles. The molecule has 2 N–H and O–H groups in total. The zero-order valence-electron chi connectivity index (χ0n) is 12.7. The van der Waals surface area contributed by atoms with Crippen molar-refractivity contribution in [2.24, 2.45) is 11.3 Å². The minimum Gasteiger partial charge on any atom is -0.481 e. The largest absolute Gasteiger partial charge is 0.481 e. The fourth-order valence-corrected chi connectivity index (χ4v) is 3.74. The highest BCUT2D eigenvalue weighted by molar-refractivity contribution is 5.76. The van der Waals surface area contributed by atoms with Crippen LogP contribution in [-0.4, -0.2) is 52.5 Å². The molecule has 122 valence electrons. The highest BCUT2D eigenvalue weighted by atomic mass is 16.5. The van der Waals surface area contributed by atoms with Crippen molar-refractivity contribution in [3.05, 3.63) is 30.2 Å². The number of fused-ring (bicyclic) bond motifs is 1. The number of aromatic amines is 1. The number of H-pyrrole nitrogens is 1. The quantitative estimate of drug-likeness (QED) is 0.890. The monoisotopic (exact) mass is 317 g/mol. The second kappa shape index (κ2) is 5.50. The van der Waals surface area contributed by atoms with E-state index < -0.39 is 11.4 Å². The van der Waals surface area contributed by atoms with Crippen molar-refractivity contribution >= 4 is 5.97 Å². The van der Waals surface area contributed by atoms with E-state index >= 15 is 0 Å². The summed E-state index contributed by atoms with van der Waals surface area (Å²) in [6.45, 7) is 2.85. The predicted molar refractivity (Wildman–Crippen MR) is 80.6 cm³/mol. The van der Waals surface area contributed by atoms with Gasteiger partial charge in [-0.1, -0.05) is 0 Å². The zero-order valence-corrected chi connectivity index (χ0v) is 12.7. The van der Waals surface area contributed by atoms with E-state index in [1.807, 2.05) is 18.2 Å². The van der Waals surface area contributed by atoms with E-state index in [2.05, 4.69) is 15.1 Å². The molecule has 0 amide bonds. The highest BCUT2D eigenvalue weighted by Crippen LogP contribution is 2.42. The number of carboxylic acid groups (broad SMARTS) is 1. The van der Waals surface area contributed by atoms with Gasteiger partial charge in [-0.2, -0.15) is 5.10 Å². The topological polar surface area (TPSA) is 91.6 Å². The number of carboxylic acids is 1. The lowest BCUT2D eigenvalue weighted by Crippen LogP contribution is -2.46. The molecule has 0 saturated carbocycles. The van der Waals surface area contributed by atoms with Crippen LogP contribution in [0.5, 0.6) is 0 Å². The Morgan fingerprint density at radius 2 is 2.39 bits per heavy atom. The number of likely N-dealkylation sites (tertiary alicyclic amines) is 1. The van der Waals surface area contributed by atoms with E-state index in [4.69, 9.17) is 9.15 Å². The second-order valence-corrected chi connectivity index (χ2v) is 6.41. The number of rotatable bonds is 4. The van der Waals surface area contributed by atoms with Gasteiger partial charge in [0.2, 0.25) is 0 Å². The number of nitrogens with zero attached hydrogens (tertiary/aromatic N) is 2. The van der Waals surface area contributed by atoms with Crippen molar-refractivity contribution in [3.63, 3.8) is 0 Å². The van der Waals surface area contributed by atoms with Crippen LogP contribution in [0.2, 0.25) is 0 Å². The van der Waals surface area contributed by atoms with Crippen LogP contribution in [0.25, 0.3) is 11.5 Å². The molecule has 0 bridgehead atoms. The van der Waals surface area contributed by atoms with E-state index in [9.17, 15) is 9.90 Å². The van der Waals surface area contributed by atoms with Gasteiger partial charge in [0.15, 0.2) is 5.76 Å². The van der Waals surface area contributed by atoms with Crippen LogP contribution in [0.1, 0.15) is 12.2 Å². The van der Waals surface area contributed by atoms with E-state index in [-0.39, 0.29) is 5.92 Å². The van der Waals surface area contributed by atoms with Crippen LogP contribution < -0.4 is 0 Å². The first-order chi connectivity index (χ1) is 11.2. The molecule has 2 aliphatic heterocycles. The van der Waals surface area contributed by atoms with Gasteiger partial charge in [-0.15, -0.1) is 0 Å². The fourth-order valence-electron chi connectivity index (χ4n) is 3.74. The minimum absolute atomic E-state index is 0.149. The first-order valence-electron chi connectivity index (χ1n) is 7.79. The number of nitrogens with one attached hydrogen (secondary N) is 1. The Kier molecular flexibility index (Phi) is 3.46. The molecule has 0 aromatic carbocycles. The summed E-state index contributed by atoms with van der Waals surface area (Å²) in [6, 6.07) is 5.69.